The fourth-order valence-electron chi connectivity index (χ4n) is 3.01. The van der Waals surface area contributed by atoms with Crippen molar-refractivity contribution < 1.29 is 9.21 Å². The molecule has 0 bridgehead atoms. The van der Waals surface area contributed by atoms with Crippen LogP contribution in [0.3, 0.4) is 0 Å². The molecule has 3 rings (SSSR count). The number of hydrogen-bond donors (Lipinski definition) is 1. The van der Waals surface area contributed by atoms with Crippen molar-refractivity contribution in [2.45, 2.75) is 51.4 Å². The van der Waals surface area contributed by atoms with Crippen molar-refractivity contribution >= 4 is 17.7 Å². The maximum atomic E-state index is 12.3. The van der Waals surface area contributed by atoms with Gasteiger partial charge in [0.2, 0.25) is 5.91 Å². The number of aromatic nitrogens is 3. The molecule has 1 atom stereocenters. The number of amides is 1. The van der Waals surface area contributed by atoms with Gasteiger partial charge in [0.15, 0.2) is 11.0 Å². The fourth-order valence-corrected chi connectivity index (χ4v) is 3.82. The Morgan fingerprint density at radius 1 is 1.29 bits per heavy atom. The third kappa shape index (κ3) is 5.25. The first-order valence-electron chi connectivity index (χ1n) is 9.51. The summed E-state index contributed by atoms with van der Waals surface area (Å²) in [5.74, 6) is 2.09. The van der Waals surface area contributed by atoms with Crippen LogP contribution < -0.4 is 5.32 Å². The first-order valence-corrected chi connectivity index (χ1v) is 10.5. The molecule has 2 heterocycles. The number of carbonyl (C=O) groups is 1. The molecule has 0 fully saturated rings. The fraction of sp³-hybridized carbons (Fsp3) is 0.381. The summed E-state index contributed by atoms with van der Waals surface area (Å²) in [6.07, 6.45) is 3.32. The molecule has 0 aliphatic heterocycles. The highest BCUT2D eigenvalue weighted by molar-refractivity contribution is 7.99. The molecule has 0 radical (unpaired) electrons. The van der Waals surface area contributed by atoms with Crippen LogP contribution in [0.2, 0.25) is 0 Å². The third-order valence-corrected chi connectivity index (χ3v) is 5.42. The number of carbonyl (C=O) groups excluding carboxylic acids is 1. The standard InChI is InChI=1S/C21H26N4O2S/c1-4-25-20(17-8-5-7-15(2)13-17)23-24-21(25)28-14-19(26)22-16(3)10-11-18-9-6-12-27-18/h5-9,12-13,16H,4,10-11,14H2,1-3H3,(H,22,26). The van der Waals surface area contributed by atoms with Crippen molar-refractivity contribution in [2.24, 2.45) is 0 Å². The summed E-state index contributed by atoms with van der Waals surface area (Å²) in [5, 5.41) is 12.4. The first-order chi connectivity index (χ1) is 13.6. The van der Waals surface area contributed by atoms with Gasteiger partial charge in [0.25, 0.3) is 0 Å². The minimum Gasteiger partial charge on any atom is -0.469 e. The predicted octanol–water partition coefficient (Wildman–Crippen LogP) is 4.10. The summed E-state index contributed by atoms with van der Waals surface area (Å²) in [6.45, 7) is 6.88. The number of benzene rings is 1. The maximum Gasteiger partial charge on any atom is 0.230 e. The van der Waals surface area contributed by atoms with Gasteiger partial charge in [0.05, 0.1) is 12.0 Å². The van der Waals surface area contributed by atoms with Crippen LogP contribution in [0.25, 0.3) is 11.4 Å². The molecular formula is C21H26N4O2S. The highest BCUT2D eigenvalue weighted by atomic mass is 32.2. The van der Waals surface area contributed by atoms with E-state index < -0.39 is 0 Å². The van der Waals surface area contributed by atoms with Crippen LogP contribution in [-0.2, 0) is 17.8 Å². The van der Waals surface area contributed by atoms with Gasteiger partial charge in [-0.2, -0.15) is 0 Å². The Morgan fingerprint density at radius 2 is 2.14 bits per heavy atom. The van der Waals surface area contributed by atoms with E-state index >= 15 is 0 Å². The first kappa shape index (κ1) is 20.2. The largest absolute Gasteiger partial charge is 0.469 e. The van der Waals surface area contributed by atoms with Crippen molar-refractivity contribution in [1.29, 1.82) is 0 Å². The normalized spacial score (nSPS) is 12.1. The minimum atomic E-state index is -0.000275. The molecule has 3 aromatic rings. The average molecular weight is 399 g/mol. The van der Waals surface area contributed by atoms with Gasteiger partial charge in [-0.05, 0) is 45.4 Å². The second kappa shape index (κ2) is 9.59. The Bertz CT molecular complexity index is 905. The molecule has 1 amide bonds. The molecule has 0 aliphatic rings. The predicted molar refractivity (Wildman–Crippen MR) is 111 cm³/mol. The van der Waals surface area contributed by atoms with Gasteiger partial charge in [-0.15, -0.1) is 10.2 Å². The number of thioether (sulfide) groups is 1. The molecule has 6 nitrogen and oxygen atoms in total. The van der Waals surface area contributed by atoms with Gasteiger partial charge >= 0.3 is 0 Å². The van der Waals surface area contributed by atoms with Crippen molar-refractivity contribution in [1.82, 2.24) is 20.1 Å². The van der Waals surface area contributed by atoms with Crippen LogP contribution >= 0.6 is 11.8 Å². The van der Waals surface area contributed by atoms with E-state index in [9.17, 15) is 4.79 Å². The van der Waals surface area contributed by atoms with Crippen molar-refractivity contribution in [3.63, 3.8) is 0 Å². The lowest BCUT2D eigenvalue weighted by Crippen LogP contribution is -2.34. The monoisotopic (exact) mass is 398 g/mol. The zero-order valence-corrected chi connectivity index (χ0v) is 17.3. The summed E-state index contributed by atoms with van der Waals surface area (Å²) in [7, 11) is 0. The van der Waals surface area contributed by atoms with Gasteiger partial charge in [-0.25, -0.2) is 0 Å². The highest BCUT2D eigenvalue weighted by Crippen LogP contribution is 2.24. The van der Waals surface area contributed by atoms with Crippen LogP contribution in [0.4, 0.5) is 0 Å². The van der Waals surface area contributed by atoms with Crippen molar-refractivity contribution in [3.05, 3.63) is 54.0 Å². The molecular weight excluding hydrogens is 372 g/mol. The van der Waals surface area contributed by atoms with Crippen molar-refractivity contribution in [2.75, 3.05) is 5.75 Å². The Labute approximate surface area is 169 Å². The smallest absolute Gasteiger partial charge is 0.230 e. The lowest BCUT2D eigenvalue weighted by atomic mass is 10.1. The number of nitrogens with one attached hydrogen (secondary N) is 1. The van der Waals surface area contributed by atoms with Crippen LogP contribution in [0, 0.1) is 6.92 Å². The van der Waals surface area contributed by atoms with Gasteiger partial charge in [0, 0.05) is 24.6 Å². The topological polar surface area (TPSA) is 73.0 Å². The second-order valence-corrected chi connectivity index (χ2v) is 7.74. The second-order valence-electron chi connectivity index (χ2n) is 6.80. The molecule has 1 aromatic carbocycles. The summed E-state index contributed by atoms with van der Waals surface area (Å²) < 4.78 is 7.38. The van der Waals surface area contributed by atoms with Crippen LogP contribution in [0.1, 0.15) is 31.6 Å². The average Bonchev–Trinajstić information content (AvgIpc) is 3.34. The van der Waals surface area contributed by atoms with Gasteiger partial charge in [-0.3, -0.25) is 4.79 Å². The molecule has 0 saturated carbocycles. The number of nitrogens with zero attached hydrogens (tertiary/aromatic N) is 3. The van der Waals surface area contributed by atoms with Gasteiger partial charge < -0.3 is 14.3 Å². The van der Waals surface area contributed by atoms with E-state index in [4.69, 9.17) is 4.42 Å². The molecule has 0 spiro atoms. The molecule has 148 valence electrons. The lowest BCUT2D eigenvalue weighted by molar-refractivity contribution is -0.119. The van der Waals surface area contributed by atoms with Crippen LogP contribution in [0.5, 0.6) is 0 Å². The SMILES string of the molecule is CCn1c(SCC(=O)NC(C)CCc2ccco2)nnc1-c1cccc(C)c1. The number of aryl methyl sites for hydroxylation is 2. The summed E-state index contributed by atoms with van der Waals surface area (Å²) >= 11 is 1.42. The Morgan fingerprint density at radius 3 is 2.86 bits per heavy atom. The zero-order chi connectivity index (χ0) is 19.9. The Balaban J connectivity index is 1.54. The number of hydrogen-bond acceptors (Lipinski definition) is 5. The van der Waals surface area contributed by atoms with E-state index in [0.29, 0.717) is 5.75 Å². The van der Waals surface area contributed by atoms with Crippen LogP contribution in [0.15, 0.2) is 52.2 Å². The molecule has 2 aromatic heterocycles. The molecule has 28 heavy (non-hydrogen) atoms. The number of furan rings is 1. The molecule has 0 aliphatic carbocycles. The Kier molecular flexibility index (Phi) is 6.92. The van der Waals surface area contributed by atoms with Gasteiger partial charge in [0.1, 0.15) is 5.76 Å². The quantitative estimate of drug-likeness (QED) is 0.550. The van der Waals surface area contributed by atoms with Crippen molar-refractivity contribution in [3.8, 4) is 11.4 Å². The molecule has 7 heteroatoms. The molecule has 1 N–H and O–H groups in total. The van der Waals surface area contributed by atoms with E-state index in [1.807, 2.05) is 35.8 Å². The number of rotatable bonds is 9. The molecule has 1 unspecified atom stereocenters. The van der Waals surface area contributed by atoms with Crippen LogP contribution in [-0.4, -0.2) is 32.5 Å². The van der Waals surface area contributed by atoms with E-state index in [-0.39, 0.29) is 11.9 Å². The van der Waals surface area contributed by atoms with E-state index in [0.717, 1.165) is 41.7 Å². The van der Waals surface area contributed by atoms with E-state index in [1.54, 1.807) is 6.26 Å². The highest BCUT2D eigenvalue weighted by Gasteiger charge is 2.15. The maximum absolute atomic E-state index is 12.3. The lowest BCUT2D eigenvalue weighted by Gasteiger charge is -2.13. The summed E-state index contributed by atoms with van der Waals surface area (Å²) in [5.41, 5.74) is 2.22. The molecule has 0 saturated heterocycles. The van der Waals surface area contributed by atoms with Gasteiger partial charge in [-0.1, -0.05) is 35.5 Å². The minimum absolute atomic E-state index is 0.000275. The van der Waals surface area contributed by atoms with E-state index in [1.165, 1.54) is 17.3 Å². The summed E-state index contributed by atoms with van der Waals surface area (Å²) in [6, 6.07) is 12.1. The Hall–Kier alpha value is -2.54. The van der Waals surface area contributed by atoms with E-state index in [2.05, 4.69) is 41.5 Å². The third-order valence-electron chi connectivity index (χ3n) is 4.45. The zero-order valence-electron chi connectivity index (χ0n) is 16.5. The summed E-state index contributed by atoms with van der Waals surface area (Å²) in [4.78, 5) is 12.3.